The van der Waals surface area contributed by atoms with Gasteiger partial charge in [0, 0.05) is 66.8 Å². The number of halogens is 7. The van der Waals surface area contributed by atoms with Crippen molar-refractivity contribution in [2.24, 2.45) is 13.0 Å². The average molecular weight is 891 g/mol. The van der Waals surface area contributed by atoms with Gasteiger partial charge in [0.2, 0.25) is 15.9 Å². The topological polar surface area (TPSA) is 152 Å². The average Bonchev–Trinajstić information content (AvgIpc) is 3.85. The summed E-state index contributed by atoms with van der Waals surface area (Å²) in [5.41, 5.74) is -1.36. The zero-order valence-corrected chi connectivity index (χ0v) is 34.3. The first-order chi connectivity index (χ1) is 28.7. The maximum absolute atomic E-state index is 15.7. The van der Waals surface area contributed by atoms with Crippen LogP contribution in [-0.4, -0.2) is 75.8 Å². The van der Waals surface area contributed by atoms with Crippen molar-refractivity contribution < 1.29 is 43.9 Å². The van der Waals surface area contributed by atoms with Crippen LogP contribution in [0, 0.1) is 17.6 Å². The van der Waals surface area contributed by atoms with Crippen LogP contribution in [-0.2, 0) is 46.9 Å². The Morgan fingerprint density at radius 1 is 1.07 bits per heavy atom. The molecule has 1 saturated heterocycles. The Bertz CT molecular complexity index is 2840. The third kappa shape index (κ3) is 7.44. The molecule has 1 aliphatic heterocycles. The van der Waals surface area contributed by atoms with E-state index >= 15 is 8.78 Å². The molecule has 13 nitrogen and oxygen atoms in total. The molecule has 5 heterocycles. The Morgan fingerprint density at radius 2 is 1.82 bits per heavy atom. The number of aromatic nitrogens is 6. The predicted molar refractivity (Wildman–Crippen MR) is 213 cm³/mol. The van der Waals surface area contributed by atoms with Crippen LogP contribution in [0.1, 0.15) is 59.9 Å². The molecule has 6 aromatic rings. The number of rotatable bonds is 10. The summed E-state index contributed by atoms with van der Waals surface area (Å²) in [6.45, 7) is 2.97. The summed E-state index contributed by atoms with van der Waals surface area (Å²) in [4.78, 5) is 26.0. The molecule has 3 aliphatic rings. The second-order valence-corrected chi connectivity index (χ2v) is 18.6. The van der Waals surface area contributed by atoms with Gasteiger partial charge in [-0.2, -0.15) is 37.1 Å². The first-order valence-corrected chi connectivity index (χ1v) is 22.0. The van der Waals surface area contributed by atoms with Gasteiger partial charge in [-0.3, -0.25) is 18.9 Å². The van der Waals surface area contributed by atoms with Crippen molar-refractivity contribution >= 4 is 59.5 Å². The van der Waals surface area contributed by atoms with Crippen LogP contribution in [0.3, 0.4) is 0 Å². The van der Waals surface area contributed by atoms with E-state index in [2.05, 4.69) is 30.5 Å². The van der Waals surface area contributed by atoms with Crippen molar-refractivity contribution in [2.45, 2.75) is 62.8 Å². The SMILES string of the molecule is C[C@H]1CN(c2nc3nc([C@H](Cc4cc(F)cc(F)c4)NC(=O)Cn4nc(C(F)(F)F)c5c4C(F)(F)[C@@H]4CC[C@H]54)c(-c4cccc5c(NS(C)(=O)=O)nn(C)c45)cc3s2)CCN1. The van der Waals surface area contributed by atoms with Crippen molar-refractivity contribution in [2.75, 3.05) is 35.5 Å². The number of sulfonamides is 1. The molecule has 4 atom stereocenters. The Labute approximate surface area is 347 Å². The Kier molecular flexibility index (Phi) is 9.85. The molecule has 0 radical (unpaired) electrons. The summed E-state index contributed by atoms with van der Waals surface area (Å²) < 4.78 is 133. The number of thiazole rings is 1. The zero-order chi connectivity index (χ0) is 43.3. The summed E-state index contributed by atoms with van der Waals surface area (Å²) in [6, 6.07) is 8.38. The van der Waals surface area contributed by atoms with E-state index in [9.17, 15) is 35.2 Å². The number of nitrogens with zero attached hydrogens (tertiary/aromatic N) is 7. The number of piperazine rings is 1. The fourth-order valence-corrected chi connectivity index (χ4v) is 10.4. The number of anilines is 2. The first kappa shape index (κ1) is 41.0. The van der Waals surface area contributed by atoms with Crippen LogP contribution in [0.4, 0.5) is 41.7 Å². The highest BCUT2D eigenvalue weighted by Gasteiger charge is 2.63. The van der Waals surface area contributed by atoms with E-state index in [1.165, 1.54) is 16.0 Å². The van der Waals surface area contributed by atoms with E-state index in [1.54, 1.807) is 31.3 Å². The van der Waals surface area contributed by atoms with E-state index in [-0.39, 0.29) is 48.0 Å². The highest BCUT2D eigenvalue weighted by Crippen LogP contribution is 2.64. The molecule has 22 heteroatoms. The van der Waals surface area contributed by atoms with E-state index in [0.717, 1.165) is 18.4 Å². The standard InChI is InChI=1S/C39H37F7N10O3S2/c1-18-16-55(10-9-47-18)37-50-36-28(60-37)15-25(22-5-4-6-24-32(22)54(2)52-35(24)53-61(3,58)59)31(49-36)27(13-19-11-20(40)14-21(41)12-19)48-29(57)17-56-34-30(33(51-56)39(44,45)46)23-7-8-26(23)38(34,42)43/h4-6,11-12,14-15,18,23,26-27,47H,7-10,13,16-17H2,1-3H3,(H,48,57)(H,52,53)/t18-,23-,26+,27-/m0/s1. The van der Waals surface area contributed by atoms with Crippen LogP contribution < -0.4 is 20.3 Å². The first-order valence-electron chi connectivity index (χ1n) is 19.3. The molecule has 0 spiro atoms. The Morgan fingerprint density at radius 3 is 2.49 bits per heavy atom. The number of pyridine rings is 1. The lowest BCUT2D eigenvalue weighted by Crippen LogP contribution is -2.49. The minimum atomic E-state index is -5.07. The quantitative estimate of drug-likeness (QED) is 0.129. The normalized spacial score (nSPS) is 20.4. The Hall–Kier alpha value is -5.35. The number of hydrogen-bond acceptors (Lipinski definition) is 10. The van der Waals surface area contributed by atoms with Crippen LogP contribution in [0.25, 0.3) is 32.4 Å². The molecular weight excluding hydrogens is 854 g/mol. The van der Waals surface area contributed by atoms with Crippen molar-refractivity contribution in [1.29, 1.82) is 0 Å². The lowest BCUT2D eigenvalue weighted by atomic mass is 9.73. The molecule has 9 rings (SSSR count). The van der Waals surface area contributed by atoms with Crippen molar-refractivity contribution in [3.63, 3.8) is 0 Å². The van der Waals surface area contributed by atoms with E-state index in [0.29, 0.717) is 62.2 Å². The fourth-order valence-electron chi connectivity index (χ4n) is 8.91. The monoisotopic (exact) mass is 890 g/mol. The number of para-hydroxylation sites is 1. The summed E-state index contributed by atoms with van der Waals surface area (Å²) in [7, 11) is -2.18. The van der Waals surface area contributed by atoms with Crippen LogP contribution in [0.5, 0.6) is 0 Å². The molecule has 0 bridgehead atoms. The number of carbonyl (C=O) groups excluding carboxylic acids is 1. The lowest BCUT2D eigenvalue weighted by Gasteiger charge is -2.34. The van der Waals surface area contributed by atoms with Gasteiger partial charge in [0.25, 0.3) is 5.92 Å². The minimum absolute atomic E-state index is 0.0142. The lowest BCUT2D eigenvalue weighted by molar-refractivity contribution is -0.144. The van der Waals surface area contributed by atoms with Gasteiger partial charge in [-0.15, -0.1) is 0 Å². The highest BCUT2D eigenvalue weighted by atomic mass is 32.2. The predicted octanol–water partition coefficient (Wildman–Crippen LogP) is 6.61. The molecule has 4 aromatic heterocycles. The molecule has 1 amide bonds. The van der Waals surface area contributed by atoms with E-state index in [4.69, 9.17) is 9.97 Å². The second-order valence-electron chi connectivity index (χ2n) is 15.9. The summed E-state index contributed by atoms with van der Waals surface area (Å²) in [6.07, 6.45) is -4.28. The molecule has 2 fully saturated rings. The van der Waals surface area contributed by atoms with Crippen molar-refractivity contribution in [1.82, 2.24) is 40.2 Å². The zero-order valence-electron chi connectivity index (χ0n) is 32.6. The van der Waals surface area contributed by atoms with E-state index in [1.807, 2.05) is 6.92 Å². The van der Waals surface area contributed by atoms with Gasteiger partial charge < -0.3 is 15.5 Å². The number of benzene rings is 2. The third-order valence-corrected chi connectivity index (χ3v) is 13.1. The van der Waals surface area contributed by atoms with Gasteiger partial charge in [0.1, 0.15) is 23.9 Å². The smallest absolute Gasteiger partial charge is 0.346 e. The number of fused-ring (bicyclic) bond motifs is 5. The summed E-state index contributed by atoms with van der Waals surface area (Å²) in [5.74, 6) is -8.93. The molecular formula is C39H37F7N10O3S2. The molecule has 3 N–H and O–H groups in total. The largest absolute Gasteiger partial charge is 0.435 e. The summed E-state index contributed by atoms with van der Waals surface area (Å²) >= 11 is 1.35. The fraction of sp³-hybridized carbons (Fsp3) is 0.410. The number of aryl methyl sites for hydroxylation is 1. The molecule has 0 unspecified atom stereocenters. The number of nitrogens with one attached hydrogen (secondary N) is 3. The number of carbonyl (C=O) groups is 1. The number of hydrogen-bond donors (Lipinski definition) is 3. The van der Waals surface area contributed by atoms with Crippen LogP contribution >= 0.6 is 11.3 Å². The van der Waals surface area contributed by atoms with Gasteiger partial charge in [0.05, 0.1) is 28.2 Å². The van der Waals surface area contributed by atoms with E-state index < -0.39 is 81.0 Å². The maximum atomic E-state index is 15.7. The maximum Gasteiger partial charge on any atom is 0.435 e. The number of alkyl halides is 5. The molecule has 322 valence electrons. The number of amides is 1. The van der Waals surface area contributed by atoms with Crippen molar-refractivity contribution in [3.8, 4) is 11.1 Å². The molecule has 2 aliphatic carbocycles. The highest BCUT2D eigenvalue weighted by molar-refractivity contribution is 7.92. The van der Waals surface area contributed by atoms with Gasteiger partial charge in [-0.05, 0) is 61.9 Å². The molecule has 1 saturated carbocycles. The van der Waals surface area contributed by atoms with Gasteiger partial charge in [-0.25, -0.2) is 22.2 Å². The van der Waals surface area contributed by atoms with Gasteiger partial charge in [-0.1, -0.05) is 23.5 Å². The van der Waals surface area contributed by atoms with Gasteiger partial charge >= 0.3 is 6.18 Å². The minimum Gasteiger partial charge on any atom is -0.346 e. The molecule has 61 heavy (non-hydrogen) atoms. The van der Waals surface area contributed by atoms with Crippen LogP contribution in [0.15, 0.2) is 42.5 Å². The summed E-state index contributed by atoms with van der Waals surface area (Å²) in [5, 5.41) is 15.1. The second kappa shape index (κ2) is 14.6. The Balaban J connectivity index is 1.20. The van der Waals surface area contributed by atoms with Gasteiger partial charge in [0.15, 0.2) is 22.3 Å². The third-order valence-electron chi connectivity index (χ3n) is 11.5. The van der Waals surface area contributed by atoms with Crippen LogP contribution in [0.2, 0.25) is 0 Å². The molecule has 2 aromatic carbocycles. The van der Waals surface area contributed by atoms with Crippen molar-refractivity contribution in [3.05, 3.63) is 82.3 Å².